The molecule has 0 atom stereocenters. The number of furan rings is 1. The molecule has 0 aliphatic carbocycles. The first-order valence-corrected chi connectivity index (χ1v) is 10.8. The Morgan fingerprint density at radius 1 is 1.19 bits per heavy atom. The molecule has 1 aliphatic rings. The van der Waals surface area contributed by atoms with Gasteiger partial charge in [0.25, 0.3) is 5.91 Å². The maximum absolute atomic E-state index is 13.1. The summed E-state index contributed by atoms with van der Waals surface area (Å²) in [5.74, 6) is 1.11. The summed E-state index contributed by atoms with van der Waals surface area (Å²) in [6.07, 6.45) is 5.32. The van der Waals surface area contributed by atoms with Crippen LogP contribution in [0.25, 0.3) is 0 Å². The molecule has 3 heterocycles. The summed E-state index contributed by atoms with van der Waals surface area (Å²) in [6.45, 7) is 10.1. The fourth-order valence-electron chi connectivity index (χ4n) is 3.86. The molecule has 3 aromatic rings. The molecule has 0 N–H and O–H groups in total. The molecule has 1 amide bonds. The zero-order valence-electron chi connectivity index (χ0n) is 18.3. The Morgan fingerprint density at radius 2 is 2.03 bits per heavy atom. The fourth-order valence-corrected chi connectivity index (χ4v) is 3.86. The third kappa shape index (κ3) is 5.42. The molecule has 0 radical (unpaired) electrons. The minimum atomic E-state index is -0.112. The average molecular weight is 423 g/mol. The third-order valence-electron chi connectivity index (χ3n) is 5.79. The Labute approximate surface area is 183 Å². The highest BCUT2D eigenvalue weighted by Gasteiger charge is 2.22. The highest BCUT2D eigenvalue weighted by molar-refractivity contribution is 5.91. The van der Waals surface area contributed by atoms with E-state index in [1.165, 1.54) is 23.0 Å². The molecule has 31 heavy (non-hydrogen) atoms. The van der Waals surface area contributed by atoms with E-state index >= 15 is 0 Å². The van der Waals surface area contributed by atoms with Crippen LogP contribution in [0, 0.1) is 13.8 Å². The molecule has 0 unspecified atom stereocenters. The van der Waals surface area contributed by atoms with E-state index in [1.54, 1.807) is 18.3 Å². The lowest BCUT2D eigenvalue weighted by atomic mass is 10.1. The number of hydrogen-bond donors (Lipinski definition) is 0. The summed E-state index contributed by atoms with van der Waals surface area (Å²) in [5, 5.41) is 0. The van der Waals surface area contributed by atoms with Gasteiger partial charge in [0, 0.05) is 45.1 Å². The van der Waals surface area contributed by atoms with E-state index in [9.17, 15) is 4.79 Å². The standard InChI is InChI=1S/C24H30N4O3/c1-19-5-6-20(2)21(16-19)17-27-8-7-25-23(27)18-28(24(29)22-4-3-13-31-22)10-9-26-11-14-30-15-12-26/h3-8,13,16H,9-12,14-15,17-18H2,1-2H3. The number of hydrogen-bond acceptors (Lipinski definition) is 5. The molecule has 1 fully saturated rings. The highest BCUT2D eigenvalue weighted by Crippen LogP contribution is 2.15. The Hall–Kier alpha value is -2.90. The van der Waals surface area contributed by atoms with Crippen LogP contribution in [0.2, 0.25) is 0 Å². The van der Waals surface area contributed by atoms with Gasteiger partial charge in [-0.3, -0.25) is 9.69 Å². The van der Waals surface area contributed by atoms with Crippen LogP contribution in [-0.4, -0.2) is 64.7 Å². The van der Waals surface area contributed by atoms with Crippen molar-refractivity contribution >= 4 is 5.91 Å². The van der Waals surface area contributed by atoms with Gasteiger partial charge in [0.1, 0.15) is 5.82 Å². The van der Waals surface area contributed by atoms with Gasteiger partial charge in [-0.1, -0.05) is 23.8 Å². The van der Waals surface area contributed by atoms with E-state index in [0.29, 0.717) is 18.8 Å². The number of morpholine rings is 1. The van der Waals surface area contributed by atoms with Gasteiger partial charge in [-0.2, -0.15) is 0 Å². The topological polar surface area (TPSA) is 63.7 Å². The molecular weight excluding hydrogens is 392 g/mol. The Balaban J connectivity index is 1.50. The third-order valence-corrected chi connectivity index (χ3v) is 5.79. The van der Waals surface area contributed by atoms with Crippen molar-refractivity contribution in [3.05, 3.63) is 77.3 Å². The summed E-state index contributed by atoms with van der Waals surface area (Å²) in [5.41, 5.74) is 3.75. The molecule has 1 saturated heterocycles. The summed E-state index contributed by atoms with van der Waals surface area (Å²) in [6, 6.07) is 9.95. The van der Waals surface area contributed by atoms with Crippen LogP contribution in [-0.2, 0) is 17.8 Å². The van der Waals surface area contributed by atoms with Crippen molar-refractivity contribution in [1.29, 1.82) is 0 Å². The number of ether oxygens (including phenoxy) is 1. The number of rotatable bonds is 8. The number of carbonyl (C=O) groups is 1. The minimum absolute atomic E-state index is 0.112. The largest absolute Gasteiger partial charge is 0.459 e. The van der Waals surface area contributed by atoms with Crippen molar-refractivity contribution in [1.82, 2.24) is 19.4 Å². The van der Waals surface area contributed by atoms with Gasteiger partial charge in [0.2, 0.25) is 0 Å². The molecular formula is C24H30N4O3. The molecule has 2 aromatic heterocycles. The molecule has 1 aliphatic heterocycles. The van der Waals surface area contributed by atoms with Gasteiger partial charge in [0.05, 0.1) is 26.0 Å². The van der Waals surface area contributed by atoms with Crippen molar-refractivity contribution in [2.24, 2.45) is 0 Å². The molecule has 4 rings (SSSR count). The molecule has 0 spiro atoms. The molecule has 0 saturated carbocycles. The van der Waals surface area contributed by atoms with Gasteiger partial charge >= 0.3 is 0 Å². The zero-order valence-corrected chi connectivity index (χ0v) is 18.3. The first-order valence-electron chi connectivity index (χ1n) is 10.8. The van der Waals surface area contributed by atoms with Crippen molar-refractivity contribution < 1.29 is 13.9 Å². The SMILES string of the molecule is Cc1ccc(C)c(Cn2ccnc2CN(CCN2CCOCC2)C(=O)c2ccco2)c1. The Kier molecular flexibility index (Phi) is 6.84. The fraction of sp³-hybridized carbons (Fsp3) is 0.417. The van der Waals surface area contributed by atoms with Gasteiger partial charge < -0.3 is 18.6 Å². The zero-order chi connectivity index (χ0) is 21.6. The van der Waals surface area contributed by atoms with Crippen LogP contribution in [0.4, 0.5) is 0 Å². The predicted molar refractivity (Wildman–Crippen MR) is 118 cm³/mol. The van der Waals surface area contributed by atoms with Gasteiger partial charge in [0.15, 0.2) is 5.76 Å². The number of nitrogens with zero attached hydrogens (tertiary/aromatic N) is 4. The Morgan fingerprint density at radius 3 is 2.81 bits per heavy atom. The smallest absolute Gasteiger partial charge is 0.289 e. The van der Waals surface area contributed by atoms with Crippen LogP contribution < -0.4 is 0 Å². The second kappa shape index (κ2) is 9.94. The molecule has 0 bridgehead atoms. The van der Waals surface area contributed by atoms with E-state index in [4.69, 9.17) is 9.15 Å². The number of aromatic nitrogens is 2. The van der Waals surface area contributed by atoms with Crippen LogP contribution in [0.1, 0.15) is 33.1 Å². The molecule has 7 nitrogen and oxygen atoms in total. The van der Waals surface area contributed by atoms with Crippen LogP contribution in [0.3, 0.4) is 0 Å². The molecule has 164 valence electrons. The van der Waals surface area contributed by atoms with E-state index < -0.39 is 0 Å². The first kappa shape index (κ1) is 21.3. The van der Waals surface area contributed by atoms with Crippen LogP contribution >= 0.6 is 0 Å². The summed E-state index contributed by atoms with van der Waals surface area (Å²) in [7, 11) is 0. The number of amides is 1. The van der Waals surface area contributed by atoms with Crippen LogP contribution in [0.5, 0.6) is 0 Å². The molecule has 1 aromatic carbocycles. The van der Waals surface area contributed by atoms with Crippen LogP contribution in [0.15, 0.2) is 53.4 Å². The van der Waals surface area contributed by atoms with E-state index in [2.05, 4.69) is 46.5 Å². The number of aryl methyl sites for hydroxylation is 2. The molecule has 7 heteroatoms. The summed E-state index contributed by atoms with van der Waals surface area (Å²) >= 11 is 0. The summed E-state index contributed by atoms with van der Waals surface area (Å²) < 4.78 is 13.0. The van der Waals surface area contributed by atoms with E-state index in [1.807, 2.05) is 11.1 Å². The maximum atomic E-state index is 13.1. The van der Waals surface area contributed by atoms with Gasteiger partial charge in [-0.25, -0.2) is 4.98 Å². The second-order valence-electron chi connectivity index (χ2n) is 8.06. The second-order valence-corrected chi connectivity index (χ2v) is 8.06. The monoisotopic (exact) mass is 422 g/mol. The number of benzene rings is 1. The number of imidazole rings is 1. The predicted octanol–water partition coefficient (Wildman–Crippen LogP) is 3.12. The van der Waals surface area contributed by atoms with Gasteiger partial charge in [-0.05, 0) is 37.1 Å². The van der Waals surface area contributed by atoms with Crippen molar-refractivity contribution in [2.75, 3.05) is 39.4 Å². The minimum Gasteiger partial charge on any atom is -0.459 e. The number of carbonyl (C=O) groups excluding carboxylic acids is 1. The van der Waals surface area contributed by atoms with Crippen molar-refractivity contribution in [3.8, 4) is 0 Å². The van der Waals surface area contributed by atoms with Crippen molar-refractivity contribution in [3.63, 3.8) is 0 Å². The average Bonchev–Trinajstić information content (AvgIpc) is 3.46. The normalized spacial score (nSPS) is 14.6. The quantitative estimate of drug-likeness (QED) is 0.558. The van der Waals surface area contributed by atoms with Gasteiger partial charge in [-0.15, -0.1) is 0 Å². The van der Waals surface area contributed by atoms with Crippen molar-refractivity contribution in [2.45, 2.75) is 26.9 Å². The Bertz CT molecular complexity index is 990. The van der Waals surface area contributed by atoms with E-state index in [0.717, 1.165) is 45.2 Å². The summed E-state index contributed by atoms with van der Waals surface area (Å²) in [4.78, 5) is 21.9. The first-order chi connectivity index (χ1) is 15.1. The highest BCUT2D eigenvalue weighted by atomic mass is 16.5. The lowest BCUT2D eigenvalue weighted by molar-refractivity contribution is 0.0314. The van der Waals surface area contributed by atoms with E-state index in [-0.39, 0.29) is 5.91 Å². The maximum Gasteiger partial charge on any atom is 0.289 e. The lowest BCUT2D eigenvalue weighted by Gasteiger charge is -2.29. The lowest BCUT2D eigenvalue weighted by Crippen LogP contribution is -2.43.